The Kier molecular flexibility index (Phi) is 4.42. The van der Waals surface area contributed by atoms with Crippen LogP contribution in [0.3, 0.4) is 0 Å². The first-order valence-electron chi connectivity index (χ1n) is 8.85. The van der Waals surface area contributed by atoms with Gasteiger partial charge in [-0.1, -0.05) is 57.4 Å². The van der Waals surface area contributed by atoms with Gasteiger partial charge in [-0.3, -0.25) is 9.69 Å². The number of amides is 3. The number of imide groups is 1. The minimum absolute atomic E-state index is 0.0533. The third kappa shape index (κ3) is 2.64. The van der Waals surface area contributed by atoms with Crippen LogP contribution in [0, 0.1) is 5.92 Å². The second-order valence-corrected chi connectivity index (χ2v) is 6.82. The molecule has 3 amide bonds. The quantitative estimate of drug-likeness (QED) is 0.816. The molecule has 1 heterocycles. The molecule has 0 aromatic heterocycles. The molecule has 3 rings (SSSR count). The summed E-state index contributed by atoms with van der Waals surface area (Å²) >= 11 is 0. The Hall–Kier alpha value is -1.84. The normalized spacial score (nSPS) is 24.2. The van der Waals surface area contributed by atoms with Crippen molar-refractivity contribution in [1.82, 2.24) is 10.2 Å². The molecule has 1 N–H and O–H groups in total. The first kappa shape index (κ1) is 16.0. The van der Waals surface area contributed by atoms with E-state index >= 15 is 0 Å². The smallest absolute Gasteiger partial charge is 0.319 e. The van der Waals surface area contributed by atoms with E-state index in [0.29, 0.717) is 18.9 Å². The van der Waals surface area contributed by atoms with Crippen molar-refractivity contribution in [1.29, 1.82) is 0 Å². The van der Waals surface area contributed by atoms with Crippen molar-refractivity contribution < 1.29 is 9.59 Å². The number of nitrogens with one attached hydrogen (secondary N) is 1. The highest BCUT2D eigenvalue weighted by Gasteiger charge is 2.55. The molecule has 4 nitrogen and oxygen atoms in total. The standard InChI is InChI=1S/C19H26N2O2/c1-3-5-8-14(4-2)13-21-17(22)19(20-18(21)23)12-11-15-9-6-7-10-16(15)19/h6-7,9-10,14H,3-5,8,11-13H2,1-2H3,(H,20,23)/t14-,19-/m1/s1. The Morgan fingerprint density at radius 3 is 2.78 bits per heavy atom. The zero-order chi connectivity index (χ0) is 16.4. The minimum Gasteiger partial charge on any atom is -0.319 e. The van der Waals surface area contributed by atoms with Crippen molar-refractivity contribution in [3.63, 3.8) is 0 Å². The number of fused-ring (bicyclic) bond motifs is 2. The van der Waals surface area contributed by atoms with E-state index in [1.807, 2.05) is 18.2 Å². The molecule has 23 heavy (non-hydrogen) atoms. The van der Waals surface area contributed by atoms with Gasteiger partial charge >= 0.3 is 6.03 Å². The maximum Gasteiger partial charge on any atom is 0.325 e. The van der Waals surface area contributed by atoms with E-state index in [1.54, 1.807) is 0 Å². The fourth-order valence-corrected chi connectivity index (χ4v) is 3.93. The third-order valence-electron chi connectivity index (χ3n) is 5.41. The monoisotopic (exact) mass is 314 g/mol. The summed E-state index contributed by atoms with van der Waals surface area (Å²) < 4.78 is 0. The molecule has 0 saturated carbocycles. The van der Waals surface area contributed by atoms with E-state index in [9.17, 15) is 9.59 Å². The summed E-state index contributed by atoms with van der Waals surface area (Å²) in [4.78, 5) is 27.0. The molecule has 0 bridgehead atoms. The SMILES string of the molecule is CCCC[C@@H](CC)CN1C(=O)N[C@@]2(CCc3ccccc32)C1=O. The van der Waals surface area contributed by atoms with Gasteiger partial charge in [0.15, 0.2) is 0 Å². The highest BCUT2D eigenvalue weighted by atomic mass is 16.2. The second kappa shape index (κ2) is 6.34. The lowest BCUT2D eigenvalue weighted by Crippen LogP contribution is -2.42. The molecule has 1 spiro atoms. The fraction of sp³-hybridized carbons (Fsp3) is 0.579. The lowest BCUT2D eigenvalue weighted by atomic mass is 9.91. The molecule has 1 aromatic rings. The molecular weight excluding hydrogens is 288 g/mol. The van der Waals surface area contributed by atoms with Crippen molar-refractivity contribution in [2.45, 2.75) is 57.9 Å². The van der Waals surface area contributed by atoms with Crippen LogP contribution in [0.2, 0.25) is 0 Å². The van der Waals surface area contributed by atoms with Crippen LogP contribution in [0.25, 0.3) is 0 Å². The van der Waals surface area contributed by atoms with E-state index in [1.165, 1.54) is 10.5 Å². The summed E-state index contributed by atoms with van der Waals surface area (Å²) in [5.41, 5.74) is 1.36. The molecular formula is C19H26N2O2. The van der Waals surface area contributed by atoms with Gasteiger partial charge in [-0.05, 0) is 36.3 Å². The summed E-state index contributed by atoms with van der Waals surface area (Å²) in [6.07, 6.45) is 5.90. The summed E-state index contributed by atoms with van der Waals surface area (Å²) in [5.74, 6) is 0.346. The van der Waals surface area contributed by atoms with Gasteiger partial charge in [-0.25, -0.2) is 4.79 Å². The average Bonchev–Trinajstić information content (AvgIpc) is 3.05. The molecule has 1 fully saturated rings. The van der Waals surface area contributed by atoms with Gasteiger partial charge < -0.3 is 5.32 Å². The maximum absolute atomic E-state index is 13.1. The number of hydrogen-bond acceptors (Lipinski definition) is 2. The topological polar surface area (TPSA) is 49.4 Å². The van der Waals surface area contributed by atoms with Crippen LogP contribution >= 0.6 is 0 Å². The van der Waals surface area contributed by atoms with E-state index < -0.39 is 5.54 Å². The predicted octanol–water partition coefficient (Wildman–Crippen LogP) is 3.60. The van der Waals surface area contributed by atoms with Gasteiger partial charge in [0.1, 0.15) is 5.54 Å². The minimum atomic E-state index is -0.809. The van der Waals surface area contributed by atoms with Crippen molar-refractivity contribution in [3.8, 4) is 0 Å². The van der Waals surface area contributed by atoms with E-state index in [4.69, 9.17) is 0 Å². The Bertz CT molecular complexity index is 613. The summed E-state index contributed by atoms with van der Waals surface area (Å²) in [7, 11) is 0. The first-order chi connectivity index (χ1) is 11.1. The molecule has 1 saturated heterocycles. The van der Waals surface area contributed by atoms with Gasteiger partial charge in [0.2, 0.25) is 0 Å². The van der Waals surface area contributed by atoms with Gasteiger partial charge in [-0.15, -0.1) is 0 Å². The lowest BCUT2D eigenvalue weighted by molar-refractivity contribution is -0.132. The molecule has 0 radical (unpaired) electrons. The number of carbonyl (C=O) groups is 2. The van der Waals surface area contributed by atoms with E-state index in [2.05, 4.69) is 25.2 Å². The van der Waals surface area contributed by atoms with Crippen molar-refractivity contribution >= 4 is 11.9 Å². The Balaban J connectivity index is 1.81. The summed E-state index contributed by atoms with van der Waals surface area (Å²) in [5, 5.41) is 3.01. The molecule has 1 aliphatic carbocycles. The van der Waals surface area contributed by atoms with Crippen LogP contribution < -0.4 is 5.32 Å². The fourth-order valence-electron chi connectivity index (χ4n) is 3.93. The largest absolute Gasteiger partial charge is 0.325 e. The number of unbranched alkanes of at least 4 members (excludes halogenated alkanes) is 1. The number of hydrogen-bond donors (Lipinski definition) is 1. The number of carbonyl (C=O) groups excluding carboxylic acids is 2. The third-order valence-corrected chi connectivity index (χ3v) is 5.41. The van der Waals surface area contributed by atoms with Crippen LogP contribution in [0.1, 0.15) is 57.1 Å². The predicted molar refractivity (Wildman–Crippen MR) is 90.0 cm³/mol. The van der Waals surface area contributed by atoms with Gasteiger partial charge in [0.05, 0.1) is 0 Å². The van der Waals surface area contributed by atoms with Crippen LogP contribution in [0.5, 0.6) is 0 Å². The molecule has 1 aliphatic heterocycles. The average molecular weight is 314 g/mol. The highest BCUT2D eigenvalue weighted by Crippen LogP contribution is 2.41. The zero-order valence-electron chi connectivity index (χ0n) is 14.1. The Morgan fingerprint density at radius 2 is 2.04 bits per heavy atom. The summed E-state index contributed by atoms with van der Waals surface area (Å²) in [6.45, 7) is 4.86. The molecule has 2 atom stereocenters. The number of aryl methyl sites for hydroxylation is 1. The van der Waals surface area contributed by atoms with Crippen molar-refractivity contribution in [2.75, 3.05) is 6.54 Å². The van der Waals surface area contributed by atoms with Gasteiger partial charge in [-0.2, -0.15) is 0 Å². The van der Waals surface area contributed by atoms with Gasteiger partial charge in [0, 0.05) is 6.54 Å². The second-order valence-electron chi connectivity index (χ2n) is 6.82. The zero-order valence-corrected chi connectivity index (χ0v) is 14.1. The lowest BCUT2D eigenvalue weighted by Gasteiger charge is -2.24. The van der Waals surface area contributed by atoms with E-state index in [-0.39, 0.29) is 11.9 Å². The highest BCUT2D eigenvalue weighted by molar-refractivity contribution is 6.08. The number of rotatable bonds is 6. The first-order valence-corrected chi connectivity index (χ1v) is 8.85. The van der Waals surface area contributed by atoms with Crippen LogP contribution in [-0.4, -0.2) is 23.4 Å². The van der Waals surface area contributed by atoms with Crippen molar-refractivity contribution in [2.24, 2.45) is 5.92 Å². The van der Waals surface area contributed by atoms with E-state index in [0.717, 1.165) is 37.7 Å². The Morgan fingerprint density at radius 1 is 1.26 bits per heavy atom. The Labute approximate surface area is 138 Å². The number of urea groups is 1. The van der Waals surface area contributed by atoms with Crippen LogP contribution in [0.4, 0.5) is 4.79 Å². The molecule has 1 aromatic carbocycles. The van der Waals surface area contributed by atoms with Crippen LogP contribution in [0.15, 0.2) is 24.3 Å². The molecule has 0 unspecified atom stereocenters. The van der Waals surface area contributed by atoms with Crippen molar-refractivity contribution in [3.05, 3.63) is 35.4 Å². The van der Waals surface area contributed by atoms with Crippen LogP contribution in [-0.2, 0) is 16.8 Å². The molecule has 124 valence electrons. The number of nitrogens with zero attached hydrogens (tertiary/aromatic N) is 1. The maximum atomic E-state index is 13.1. The molecule has 4 heteroatoms. The summed E-state index contributed by atoms with van der Waals surface area (Å²) in [6, 6.07) is 7.76. The van der Waals surface area contributed by atoms with Gasteiger partial charge in [0.25, 0.3) is 5.91 Å². The molecule has 2 aliphatic rings. The number of benzene rings is 1.